The molecule has 1 rings (SSSR count). The van der Waals surface area contributed by atoms with Crippen LogP contribution in [0, 0.1) is 5.92 Å². The molecular weight excluding hydrogens is 242 g/mol. The molecule has 0 bridgehead atoms. The van der Waals surface area contributed by atoms with E-state index in [-0.39, 0.29) is 30.6 Å². The van der Waals surface area contributed by atoms with Gasteiger partial charge >= 0.3 is 0 Å². The van der Waals surface area contributed by atoms with Crippen molar-refractivity contribution in [1.82, 2.24) is 5.32 Å². The lowest BCUT2D eigenvalue weighted by Crippen LogP contribution is -2.38. The molecule has 19 heavy (non-hydrogen) atoms. The van der Waals surface area contributed by atoms with Gasteiger partial charge in [0.25, 0.3) is 5.91 Å². The maximum Gasteiger partial charge on any atom is 0.251 e. The van der Waals surface area contributed by atoms with Crippen molar-refractivity contribution in [3.63, 3.8) is 0 Å². The highest BCUT2D eigenvalue weighted by atomic mass is 16.5. The van der Waals surface area contributed by atoms with Gasteiger partial charge in [0.1, 0.15) is 5.75 Å². The van der Waals surface area contributed by atoms with Crippen molar-refractivity contribution in [1.29, 1.82) is 0 Å². The lowest BCUT2D eigenvalue weighted by Gasteiger charge is -2.19. The van der Waals surface area contributed by atoms with Gasteiger partial charge in [-0.25, -0.2) is 0 Å². The Morgan fingerprint density at radius 3 is 2.26 bits per heavy atom. The number of hydrogen-bond acceptors (Lipinski definition) is 3. The van der Waals surface area contributed by atoms with Crippen LogP contribution in [0.25, 0.3) is 0 Å². The summed E-state index contributed by atoms with van der Waals surface area (Å²) in [6.45, 7) is 7.75. The molecule has 0 heterocycles. The number of hydrogen-bond donors (Lipinski definition) is 2. The van der Waals surface area contributed by atoms with Crippen LogP contribution in [0.1, 0.15) is 38.1 Å². The number of rotatable bonds is 6. The van der Waals surface area contributed by atoms with Gasteiger partial charge in [0.05, 0.1) is 6.10 Å². The van der Waals surface area contributed by atoms with Gasteiger partial charge in [-0.05, 0) is 51.0 Å². The van der Waals surface area contributed by atoms with E-state index in [9.17, 15) is 4.79 Å². The molecule has 0 spiro atoms. The van der Waals surface area contributed by atoms with Crippen molar-refractivity contribution in [2.45, 2.75) is 39.8 Å². The number of carbonyl (C=O) groups excluding carboxylic acids is 1. The zero-order valence-corrected chi connectivity index (χ0v) is 12.0. The largest absolute Gasteiger partial charge is 0.491 e. The van der Waals surface area contributed by atoms with E-state index >= 15 is 0 Å². The van der Waals surface area contributed by atoms with Crippen molar-refractivity contribution in [3.8, 4) is 5.75 Å². The molecule has 0 aliphatic rings. The molecular formula is C15H23NO3. The fraction of sp³-hybridized carbons (Fsp3) is 0.533. The number of carbonyl (C=O) groups is 1. The summed E-state index contributed by atoms with van der Waals surface area (Å²) in [5, 5.41) is 11.9. The molecule has 1 aromatic carbocycles. The number of amides is 1. The molecule has 2 unspecified atom stereocenters. The van der Waals surface area contributed by atoms with Crippen LogP contribution in [0.2, 0.25) is 0 Å². The van der Waals surface area contributed by atoms with Crippen LogP contribution in [0.15, 0.2) is 24.3 Å². The summed E-state index contributed by atoms with van der Waals surface area (Å²) < 4.78 is 5.52. The molecule has 0 aromatic heterocycles. The second kappa shape index (κ2) is 7.14. The SMILES string of the molecule is CC(C)Oc1ccc(C(=O)NC(C)C(C)CO)cc1. The van der Waals surface area contributed by atoms with Crippen molar-refractivity contribution >= 4 is 5.91 Å². The molecule has 1 amide bonds. The highest BCUT2D eigenvalue weighted by Gasteiger charge is 2.15. The second-order valence-electron chi connectivity index (χ2n) is 5.11. The Labute approximate surface area is 114 Å². The Kier molecular flexibility index (Phi) is 5.83. The van der Waals surface area contributed by atoms with E-state index in [1.807, 2.05) is 27.7 Å². The Hall–Kier alpha value is -1.55. The third-order valence-electron chi connectivity index (χ3n) is 2.99. The van der Waals surface area contributed by atoms with Gasteiger partial charge < -0.3 is 15.2 Å². The zero-order valence-electron chi connectivity index (χ0n) is 12.0. The van der Waals surface area contributed by atoms with Crippen molar-refractivity contribution in [2.24, 2.45) is 5.92 Å². The first-order chi connectivity index (χ1) is 8.93. The number of aliphatic hydroxyl groups excluding tert-OH is 1. The maximum atomic E-state index is 12.0. The predicted octanol–water partition coefficient (Wildman–Crippen LogP) is 2.22. The topological polar surface area (TPSA) is 58.6 Å². The summed E-state index contributed by atoms with van der Waals surface area (Å²) in [5.41, 5.74) is 0.591. The molecule has 0 aliphatic heterocycles. The minimum Gasteiger partial charge on any atom is -0.491 e. The van der Waals surface area contributed by atoms with Crippen LogP contribution in [0.3, 0.4) is 0 Å². The summed E-state index contributed by atoms with van der Waals surface area (Å²) in [5.74, 6) is 0.653. The van der Waals surface area contributed by atoms with Crippen LogP contribution in [-0.4, -0.2) is 29.8 Å². The van der Waals surface area contributed by atoms with Gasteiger partial charge in [0, 0.05) is 18.2 Å². The second-order valence-corrected chi connectivity index (χ2v) is 5.11. The number of aliphatic hydroxyl groups is 1. The first kappa shape index (κ1) is 15.5. The highest BCUT2D eigenvalue weighted by Crippen LogP contribution is 2.14. The first-order valence-corrected chi connectivity index (χ1v) is 6.62. The molecule has 4 nitrogen and oxygen atoms in total. The molecule has 2 N–H and O–H groups in total. The van der Waals surface area contributed by atoms with E-state index in [0.29, 0.717) is 5.56 Å². The number of nitrogens with one attached hydrogen (secondary N) is 1. The third kappa shape index (κ3) is 4.91. The van der Waals surface area contributed by atoms with Crippen LogP contribution in [0.4, 0.5) is 0 Å². The summed E-state index contributed by atoms with van der Waals surface area (Å²) in [4.78, 5) is 12.0. The van der Waals surface area contributed by atoms with Crippen molar-refractivity contribution in [2.75, 3.05) is 6.61 Å². The minimum atomic E-state index is -0.135. The summed E-state index contributed by atoms with van der Waals surface area (Å²) in [7, 11) is 0. The average Bonchev–Trinajstić information content (AvgIpc) is 2.37. The fourth-order valence-electron chi connectivity index (χ4n) is 1.55. The zero-order chi connectivity index (χ0) is 14.4. The van der Waals surface area contributed by atoms with E-state index in [0.717, 1.165) is 5.75 Å². The van der Waals surface area contributed by atoms with E-state index in [4.69, 9.17) is 9.84 Å². The van der Waals surface area contributed by atoms with Crippen LogP contribution in [0.5, 0.6) is 5.75 Å². The molecule has 0 saturated carbocycles. The van der Waals surface area contributed by atoms with E-state index in [2.05, 4.69) is 5.32 Å². The lowest BCUT2D eigenvalue weighted by molar-refractivity contribution is 0.0916. The van der Waals surface area contributed by atoms with Crippen molar-refractivity contribution in [3.05, 3.63) is 29.8 Å². The third-order valence-corrected chi connectivity index (χ3v) is 2.99. The van der Waals surface area contributed by atoms with Gasteiger partial charge in [0.15, 0.2) is 0 Å². The van der Waals surface area contributed by atoms with Gasteiger partial charge in [0.2, 0.25) is 0 Å². The lowest BCUT2D eigenvalue weighted by atomic mass is 10.0. The normalized spacial score (nSPS) is 14.0. The quantitative estimate of drug-likeness (QED) is 0.829. The Balaban J connectivity index is 2.62. The molecule has 0 saturated heterocycles. The monoisotopic (exact) mass is 265 g/mol. The van der Waals surface area contributed by atoms with Gasteiger partial charge in [-0.15, -0.1) is 0 Å². The van der Waals surface area contributed by atoms with E-state index in [1.54, 1.807) is 24.3 Å². The number of ether oxygens (including phenoxy) is 1. The Bertz CT molecular complexity index is 400. The summed E-state index contributed by atoms with van der Waals surface area (Å²) in [6.07, 6.45) is 0.116. The molecule has 0 fully saturated rings. The molecule has 0 radical (unpaired) electrons. The molecule has 1 aromatic rings. The molecule has 2 atom stereocenters. The maximum absolute atomic E-state index is 12.0. The standard InChI is InChI=1S/C15H23NO3/c1-10(2)19-14-7-5-13(6-8-14)15(18)16-12(4)11(3)9-17/h5-8,10-12,17H,9H2,1-4H3,(H,16,18). The van der Waals surface area contributed by atoms with Crippen LogP contribution in [-0.2, 0) is 0 Å². The fourth-order valence-corrected chi connectivity index (χ4v) is 1.55. The Morgan fingerprint density at radius 1 is 1.21 bits per heavy atom. The summed E-state index contributed by atoms with van der Waals surface area (Å²) in [6, 6.07) is 6.99. The predicted molar refractivity (Wildman–Crippen MR) is 75.4 cm³/mol. The Morgan fingerprint density at radius 2 is 1.79 bits per heavy atom. The first-order valence-electron chi connectivity index (χ1n) is 6.62. The van der Waals surface area contributed by atoms with E-state index < -0.39 is 0 Å². The number of benzene rings is 1. The smallest absolute Gasteiger partial charge is 0.251 e. The van der Waals surface area contributed by atoms with Gasteiger partial charge in [-0.2, -0.15) is 0 Å². The molecule has 106 valence electrons. The van der Waals surface area contributed by atoms with E-state index in [1.165, 1.54) is 0 Å². The van der Waals surface area contributed by atoms with Gasteiger partial charge in [-0.1, -0.05) is 6.92 Å². The van der Waals surface area contributed by atoms with Crippen molar-refractivity contribution < 1.29 is 14.6 Å². The average molecular weight is 265 g/mol. The van der Waals surface area contributed by atoms with Crippen LogP contribution < -0.4 is 10.1 Å². The summed E-state index contributed by atoms with van der Waals surface area (Å²) >= 11 is 0. The highest BCUT2D eigenvalue weighted by molar-refractivity contribution is 5.94. The minimum absolute atomic E-state index is 0.0347. The van der Waals surface area contributed by atoms with Crippen LogP contribution >= 0.6 is 0 Å². The van der Waals surface area contributed by atoms with Gasteiger partial charge in [-0.3, -0.25) is 4.79 Å². The molecule has 0 aliphatic carbocycles. The molecule has 4 heteroatoms.